The summed E-state index contributed by atoms with van der Waals surface area (Å²) < 4.78 is 0. The molecule has 0 atom stereocenters. The third-order valence-electron chi connectivity index (χ3n) is 3.30. The lowest BCUT2D eigenvalue weighted by Gasteiger charge is -2.14. The fourth-order valence-electron chi connectivity index (χ4n) is 1.97. The Morgan fingerprint density at radius 3 is 1.67 bits per heavy atom. The molecule has 2 heterocycles. The Hall–Kier alpha value is -3.04. The van der Waals surface area contributed by atoms with Crippen molar-refractivity contribution in [2.75, 3.05) is 0 Å². The van der Waals surface area contributed by atoms with E-state index >= 15 is 0 Å². The molecule has 2 aliphatic rings. The van der Waals surface area contributed by atoms with E-state index in [0.717, 1.165) is 0 Å². The minimum absolute atomic E-state index is 0.0248. The van der Waals surface area contributed by atoms with Gasteiger partial charge in [-0.1, -0.05) is 6.58 Å². The second kappa shape index (κ2) is 7.02. The van der Waals surface area contributed by atoms with Crippen molar-refractivity contribution >= 4 is 35.6 Å². The molecule has 24 heavy (non-hydrogen) atoms. The molecular formula is C14H14N2O8. The molecule has 0 aromatic carbocycles. The molecule has 2 aliphatic heterocycles. The van der Waals surface area contributed by atoms with Crippen LogP contribution in [0.2, 0.25) is 0 Å². The summed E-state index contributed by atoms with van der Waals surface area (Å²) in [6, 6.07) is 0. The normalized spacial score (nSPS) is 17.5. The molecule has 128 valence electrons. The first-order valence-electron chi connectivity index (χ1n) is 7.12. The minimum atomic E-state index is -1.03. The van der Waals surface area contributed by atoms with Crippen LogP contribution in [0.5, 0.6) is 0 Å². The Balaban J connectivity index is 1.77. The van der Waals surface area contributed by atoms with Crippen molar-refractivity contribution in [2.45, 2.75) is 38.5 Å². The molecule has 2 rings (SSSR count). The summed E-state index contributed by atoms with van der Waals surface area (Å²) in [5, 5.41) is 0.762. The highest BCUT2D eigenvalue weighted by Crippen LogP contribution is 2.16. The van der Waals surface area contributed by atoms with Crippen molar-refractivity contribution in [1.29, 1.82) is 0 Å². The van der Waals surface area contributed by atoms with Gasteiger partial charge >= 0.3 is 11.9 Å². The number of amides is 4. The Bertz CT molecular complexity index is 621. The fraction of sp³-hybridized carbons (Fsp3) is 0.429. The van der Waals surface area contributed by atoms with Gasteiger partial charge in [-0.25, -0.2) is 9.59 Å². The maximum Gasteiger partial charge on any atom is 0.359 e. The summed E-state index contributed by atoms with van der Waals surface area (Å²) in [4.78, 5) is 77.8. The van der Waals surface area contributed by atoms with E-state index in [0.29, 0.717) is 10.1 Å². The first kappa shape index (κ1) is 17.3. The maximum atomic E-state index is 11.7. The number of carbonyl (C=O) groups is 6. The topological polar surface area (TPSA) is 127 Å². The molecule has 0 aromatic heterocycles. The van der Waals surface area contributed by atoms with Crippen molar-refractivity contribution in [3.63, 3.8) is 0 Å². The second-order valence-electron chi connectivity index (χ2n) is 5.11. The van der Waals surface area contributed by atoms with E-state index in [2.05, 4.69) is 16.3 Å². The van der Waals surface area contributed by atoms with Gasteiger partial charge < -0.3 is 9.68 Å². The number of hydrogen-bond acceptors (Lipinski definition) is 8. The van der Waals surface area contributed by atoms with Crippen LogP contribution in [0.1, 0.15) is 38.5 Å². The van der Waals surface area contributed by atoms with Gasteiger partial charge in [0.15, 0.2) is 0 Å². The number of hydroxylamine groups is 4. The number of imide groups is 2. The van der Waals surface area contributed by atoms with E-state index < -0.39 is 35.6 Å². The van der Waals surface area contributed by atoms with E-state index in [9.17, 15) is 28.8 Å². The molecule has 0 radical (unpaired) electrons. The highest BCUT2D eigenvalue weighted by molar-refractivity contribution is 6.03. The first-order valence-corrected chi connectivity index (χ1v) is 7.12. The lowest BCUT2D eigenvalue weighted by atomic mass is 10.2. The zero-order valence-electron chi connectivity index (χ0n) is 12.6. The van der Waals surface area contributed by atoms with Crippen LogP contribution in [-0.2, 0) is 38.4 Å². The van der Waals surface area contributed by atoms with Gasteiger partial charge in [-0.05, 0) is 6.42 Å². The van der Waals surface area contributed by atoms with Crippen LogP contribution in [0.3, 0.4) is 0 Å². The summed E-state index contributed by atoms with van der Waals surface area (Å²) in [5.41, 5.74) is -0.168. The molecule has 10 heteroatoms. The third kappa shape index (κ3) is 3.83. The zero-order valence-corrected chi connectivity index (χ0v) is 12.6. The van der Waals surface area contributed by atoms with E-state index in [1.165, 1.54) is 0 Å². The van der Waals surface area contributed by atoms with Gasteiger partial charge in [-0.15, -0.1) is 10.1 Å². The van der Waals surface area contributed by atoms with E-state index in [4.69, 9.17) is 0 Å². The predicted molar refractivity (Wildman–Crippen MR) is 72.7 cm³/mol. The highest BCUT2D eigenvalue weighted by Gasteiger charge is 2.34. The SMILES string of the molecule is C=C(CCC(=O)ON1C(=O)CCC1=O)C(=O)ON1C(=O)CCC1=O. The van der Waals surface area contributed by atoms with Crippen molar-refractivity contribution in [3.05, 3.63) is 12.2 Å². The molecular weight excluding hydrogens is 324 g/mol. The van der Waals surface area contributed by atoms with Crippen molar-refractivity contribution < 1.29 is 38.4 Å². The number of hydrogen-bond donors (Lipinski definition) is 0. The molecule has 0 spiro atoms. The van der Waals surface area contributed by atoms with Crippen molar-refractivity contribution in [3.8, 4) is 0 Å². The van der Waals surface area contributed by atoms with Gasteiger partial charge in [-0.2, -0.15) is 0 Å². The van der Waals surface area contributed by atoms with Gasteiger partial charge in [0, 0.05) is 31.3 Å². The van der Waals surface area contributed by atoms with Gasteiger partial charge in [0.1, 0.15) is 0 Å². The van der Waals surface area contributed by atoms with Crippen LogP contribution in [0.4, 0.5) is 0 Å². The molecule has 0 unspecified atom stereocenters. The molecule has 0 bridgehead atoms. The standard InChI is InChI=1S/C14H14N2O8/c1-8(14(22)24-16-11(19)5-6-12(16)20)2-7-13(21)23-15-9(17)3-4-10(15)18/h1-7H2. The Morgan fingerprint density at radius 2 is 1.21 bits per heavy atom. The van der Waals surface area contributed by atoms with Crippen LogP contribution < -0.4 is 0 Å². The van der Waals surface area contributed by atoms with Crippen LogP contribution in [-0.4, -0.2) is 45.7 Å². The van der Waals surface area contributed by atoms with Crippen LogP contribution in [0, 0.1) is 0 Å². The molecule has 0 aromatic rings. The maximum absolute atomic E-state index is 11.7. The summed E-state index contributed by atoms with van der Waals surface area (Å²) in [5.74, 6) is -4.42. The summed E-state index contributed by atoms with van der Waals surface area (Å²) >= 11 is 0. The fourth-order valence-corrected chi connectivity index (χ4v) is 1.97. The smallest absolute Gasteiger partial charge is 0.330 e. The van der Waals surface area contributed by atoms with E-state index in [-0.39, 0.29) is 44.1 Å². The molecule has 0 saturated carbocycles. The molecule has 0 aliphatic carbocycles. The zero-order chi connectivity index (χ0) is 17.9. The summed E-state index contributed by atoms with van der Waals surface area (Å²) in [6.07, 6.45) is -0.658. The van der Waals surface area contributed by atoms with Gasteiger partial charge in [0.25, 0.3) is 23.6 Å². The van der Waals surface area contributed by atoms with Crippen molar-refractivity contribution in [2.24, 2.45) is 0 Å². The molecule has 0 N–H and O–H groups in total. The molecule has 10 nitrogen and oxygen atoms in total. The lowest BCUT2D eigenvalue weighted by Crippen LogP contribution is -2.33. The number of nitrogens with zero attached hydrogens (tertiary/aromatic N) is 2. The quantitative estimate of drug-likeness (QED) is 0.470. The molecule has 2 fully saturated rings. The average Bonchev–Trinajstić information content (AvgIpc) is 3.02. The molecule has 4 amide bonds. The van der Waals surface area contributed by atoms with E-state index in [1.807, 2.05) is 0 Å². The Kier molecular flexibility index (Phi) is 5.07. The second-order valence-corrected chi connectivity index (χ2v) is 5.11. The highest BCUT2D eigenvalue weighted by atomic mass is 16.7. The number of carbonyl (C=O) groups excluding carboxylic acids is 6. The predicted octanol–water partition coefficient (Wildman–Crippen LogP) is -0.463. The molecule has 2 saturated heterocycles. The van der Waals surface area contributed by atoms with Gasteiger partial charge in [0.05, 0.1) is 6.42 Å². The Labute approximate surface area is 135 Å². The van der Waals surface area contributed by atoms with Gasteiger partial charge in [0.2, 0.25) is 0 Å². The third-order valence-corrected chi connectivity index (χ3v) is 3.30. The van der Waals surface area contributed by atoms with Gasteiger partial charge in [-0.3, -0.25) is 19.2 Å². The van der Waals surface area contributed by atoms with Crippen molar-refractivity contribution in [1.82, 2.24) is 10.1 Å². The average molecular weight is 338 g/mol. The Morgan fingerprint density at radius 1 is 0.792 bits per heavy atom. The van der Waals surface area contributed by atoms with E-state index in [1.54, 1.807) is 0 Å². The first-order chi connectivity index (χ1) is 11.3. The monoisotopic (exact) mass is 338 g/mol. The summed E-state index contributed by atoms with van der Waals surface area (Å²) in [7, 11) is 0. The largest absolute Gasteiger partial charge is 0.359 e. The summed E-state index contributed by atoms with van der Waals surface area (Å²) in [6.45, 7) is 3.40. The lowest BCUT2D eigenvalue weighted by molar-refractivity contribution is -0.197. The van der Waals surface area contributed by atoms with Crippen LogP contribution in [0.25, 0.3) is 0 Å². The van der Waals surface area contributed by atoms with Crippen LogP contribution in [0.15, 0.2) is 12.2 Å². The minimum Gasteiger partial charge on any atom is -0.330 e. The van der Waals surface area contributed by atoms with Crippen LogP contribution >= 0.6 is 0 Å². The number of rotatable bonds is 6.